The van der Waals surface area contributed by atoms with Gasteiger partial charge >= 0.3 is 0 Å². The third-order valence-corrected chi connectivity index (χ3v) is 3.50. The molecule has 2 rings (SSSR count). The molecule has 1 aliphatic heterocycles. The Kier molecular flexibility index (Phi) is 4.26. The molecule has 0 atom stereocenters. The molecule has 1 aromatic carbocycles. The van der Waals surface area contributed by atoms with Crippen LogP contribution in [0.15, 0.2) is 24.3 Å². The Morgan fingerprint density at radius 1 is 1.29 bits per heavy atom. The molecule has 3 heteroatoms. The zero-order valence-electron chi connectivity index (χ0n) is 10.7. The summed E-state index contributed by atoms with van der Waals surface area (Å²) in [5.41, 5.74) is 7.92. The summed E-state index contributed by atoms with van der Waals surface area (Å²) in [5, 5.41) is 0. The van der Waals surface area contributed by atoms with Crippen molar-refractivity contribution in [3.8, 4) is 0 Å². The molecule has 0 radical (unpaired) electrons. The van der Waals surface area contributed by atoms with Crippen molar-refractivity contribution in [3.05, 3.63) is 24.3 Å². The van der Waals surface area contributed by atoms with E-state index in [1.54, 1.807) is 0 Å². The van der Waals surface area contributed by atoms with Crippen LogP contribution in [0.2, 0.25) is 0 Å². The highest BCUT2D eigenvalue weighted by Crippen LogP contribution is 2.17. The highest BCUT2D eigenvalue weighted by molar-refractivity contribution is 5.55. The fourth-order valence-electron chi connectivity index (χ4n) is 2.46. The van der Waals surface area contributed by atoms with Gasteiger partial charge in [0.15, 0.2) is 0 Å². The van der Waals surface area contributed by atoms with Crippen LogP contribution in [0.4, 0.5) is 11.4 Å². The molecule has 1 aliphatic rings. The quantitative estimate of drug-likeness (QED) is 0.791. The Hall–Kier alpha value is -1.22. The monoisotopic (exact) mass is 233 g/mol. The van der Waals surface area contributed by atoms with E-state index in [0.29, 0.717) is 0 Å². The van der Waals surface area contributed by atoms with Crippen LogP contribution in [0.3, 0.4) is 0 Å². The lowest BCUT2D eigenvalue weighted by molar-refractivity contribution is 0.345. The number of nitrogen functional groups attached to an aromatic ring is 1. The van der Waals surface area contributed by atoms with Gasteiger partial charge in [0.05, 0.1) is 0 Å². The van der Waals surface area contributed by atoms with Gasteiger partial charge in [0, 0.05) is 31.0 Å². The molecule has 0 unspecified atom stereocenters. The molecule has 2 N–H and O–H groups in total. The Morgan fingerprint density at radius 2 is 2.06 bits per heavy atom. The molecular weight excluding hydrogens is 210 g/mol. The van der Waals surface area contributed by atoms with E-state index >= 15 is 0 Å². The second-order valence-corrected chi connectivity index (χ2v) is 4.72. The topological polar surface area (TPSA) is 32.5 Å². The van der Waals surface area contributed by atoms with Gasteiger partial charge in [0.2, 0.25) is 0 Å². The standard InChI is InChI=1S/C14H23N3/c1-2-17(11-10-16-8-3-4-9-16)14-7-5-6-13(15)12-14/h5-7,12H,2-4,8-11,15H2,1H3. The molecule has 3 nitrogen and oxygen atoms in total. The summed E-state index contributed by atoms with van der Waals surface area (Å²) in [4.78, 5) is 4.95. The van der Waals surface area contributed by atoms with Crippen LogP contribution >= 0.6 is 0 Å². The summed E-state index contributed by atoms with van der Waals surface area (Å²) >= 11 is 0. The summed E-state index contributed by atoms with van der Waals surface area (Å²) in [6, 6.07) is 8.18. The number of anilines is 2. The van der Waals surface area contributed by atoms with Crippen LogP contribution in [0.25, 0.3) is 0 Å². The third-order valence-electron chi connectivity index (χ3n) is 3.50. The van der Waals surface area contributed by atoms with Gasteiger partial charge in [0.1, 0.15) is 0 Å². The maximum absolute atomic E-state index is 5.83. The van der Waals surface area contributed by atoms with Gasteiger partial charge < -0.3 is 15.5 Å². The van der Waals surface area contributed by atoms with E-state index in [4.69, 9.17) is 5.73 Å². The minimum absolute atomic E-state index is 0.849. The average molecular weight is 233 g/mol. The van der Waals surface area contributed by atoms with Gasteiger partial charge in [-0.2, -0.15) is 0 Å². The first-order chi connectivity index (χ1) is 8.29. The van der Waals surface area contributed by atoms with E-state index in [1.807, 2.05) is 12.1 Å². The zero-order chi connectivity index (χ0) is 12.1. The summed E-state index contributed by atoms with van der Waals surface area (Å²) in [5.74, 6) is 0. The fourth-order valence-corrected chi connectivity index (χ4v) is 2.46. The summed E-state index contributed by atoms with van der Waals surface area (Å²) in [6.45, 7) is 8.05. The average Bonchev–Trinajstić information content (AvgIpc) is 2.83. The smallest absolute Gasteiger partial charge is 0.0387 e. The summed E-state index contributed by atoms with van der Waals surface area (Å²) in [7, 11) is 0. The molecule has 1 saturated heterocycles. The molecule has 0 aliphatic carbocycles. The first-order valence-electron chi connectivity index (χ1n) is 6.62. The van der Waals surface area contributed by atoms with E-state index in [2.05, 4.69) is 28.9 Å². The van der Waals surface area contributed by atoms with Crippen molar-refractivity contribution in [3.63, 3.8) is 0 Å². The van der Waals surface area contributed by atoms with Crippen LogP contribution in [0.5, 0.6) is 0 Å². The molecule has 1 aromatic rings. The molecule has 17 heavy (non-hydrogen) atoms. The number of likely N-dealkylation sites (tertiary alicyclic amines) is 1. The largest absolute Gasteiger partial charge is 0.399 e. The molecule has 0 amide bonds. The van der Waals surface area contributed by atoms with Crippen molar-refractivity contribution >= 4 is 11.4 Å². The van der Waals surface area contributed by atoms with Crippen molar-refractivity contribution < 1.29 is 0 Å². The summed E-state index contributed by atoms with van der Waals surface area (Å²) < 4.78 is 0. The lowest BCUT2D eigenvalue weighted by Crippen LogP contribution is -2.33. The van der Waals surface area contributed by atoms with Crippen molar-refractivity contribution in [2.45, 2.75) is 19.8 Å². The van der Waals surface area contributed by atoms with Crippen molar-refractivity contribution in [1.29, 1.82) is 0 Å². The van der Waals surface area contributed by atoms with Crippen LogP contribution in [-0.4, -0.2) is 37.6 Å². The molecule has 0 saturated carbocycles. The predicted molar refractivity (Wildman–Crippen MR) is 74.4 cm³/mol. The number of benzene rings is 1. The minimum atomic E-state index is 0.849. The lowest BCUT2D eigenvalue weighted by atomic mass is 10.2. The molecule has 94 valence electrons. The molecule has 0 bridgehead atoms. The first kappa shape index (κ1) is 12.2. The number of rotatable bonds is 5. The van der Waals surface area contributed by atoms with E-state index in [9.17, 15) is 0 Å². The van der Waals surface area contributed by atoms with E-state index in [1.165, 1.54) is 38.2 Å². The van der Waals surface area contributed by atoms with Gasteiger partial charge in [-0.15, -0.1) is 0 Å². The predicted octanol–water partition coefficient (Wildman–Crippen LogP) is 2.19. The van der Waals surface area contributed by atoms with Crippen LogP contribution in [0, 0.1) is 0 Å². The summed E-state index contributed by atoms with van der Waals surface area (Å²) in [6.07, 6.45) is 2.73. The van der Waals surface area contributed by atoms with Gasteiger partial charge in [0.25, 0.3) is 0 Å². The zero-order valence-corrected chi connectivity index (χ0v) is 10.7. The first-order valence-corrected chi connectivity index (χ1v) is 6.62. The molecule has 0 spiro atoms. The number of likely N-dealkylation sites (N-methyl/N-ethyl adjacent to an activating group) is 1. The maximum Gasteiger partial charge on any atom is 0.0387 e. The van der Waals surface area contributed by atoms with Crippen molar-refractivity contribution in [2.75, 3.05) is 43.4 Å². The maximum atomic E-state index is 5.83. The number of nitrogens with zero attached hydrogens (tertiary/aromatic N) is 2. The van der Waals surface area contributed by atoms with Crippen molar-refractivity contribution in [1.82, 2.24) is 4.90 Å². The van der Waals surface area contributed by atoms with Crippen molar-refractivity contribution in [2.24, 2.45) is 0 Å². The molecule has 1 fully saturated rings. The lowest BCUT2D eigenvalue weighted by Gasteiger charge is -2.26. The van der Waals surface area contributed by atoms with Gasteiger partial charge in [-0.1, -0.05) is 6.07 Å². The van der Waals surface area contributed by atoms with Gasteiger partial charge in [-0.3, -0.25) is 0 Å². The van der Waals surface area contributed by atoms with Crippen LogP contribution < -0.4 is 10.6 Å². The second kappa shape index (κ2) is 5.92. The minimum Gasteiger partial charge on any atom is -0.399 e. The Morgan fingerprint density at radius 3 is 2.71 bits per heavy atom. The number of hydrogen-bond donors (Lipinski definition) is 1. The SMILES string of the molecule is CCN(CCN1CCCC1)c1cccc(N)c1. The van der Waals surface area contributed by atoms with E-state index in [-0.39, 0.29) is 0 Å². The number of nitrogens with two attached hydrogens (primary N) is 1. The third kappa shape index (κ3) is 3.37. The molecule has 0 aromatic heterocycles. The van der Waals surface area contributed by atoms with Crippen LogP contribution in [0.1, 0.15) is 19.8 Å². The fraction of sp³-hybridized carbons (Fsp3) is 0.571. The van der Waals surface area contributed by atoms with E-state index in [0.717, 1.165) is 18.8 Å². The molecule has 1 heterocycles. The Bertz CT molecular complexity index is 345. The van der Waals surface area contributed by atoms with Gasteiger partial charge in [-0.05, 0) is 51.1 Å². The van der Waals surface area contributed by atoms with Gasteiger partial charge in [-0.25, -0.2) is 0 Å². The Balaban J connectivity index is 1.91. The van der Waals surface area contributed by atoms with Crippen LogP contribution in [-0.2, 0) is 0 Å². The van der Waals surface area contributed by atoms with E-state index < -0.39 is 0 Å². The number of hydrogen-bond acceptors (Lipinski definition) is 3. The highest BCUT2D eigenvalue weighted by atomic mass is 15.2. The molecular formula is C14H23N3. The highest BCUT2D eigenvalue weighted by Gasteiger charge is 2.12. The Labute approximate surface area is 104 Å². The normalized spacial score (nSPS) is 16.3. The second-order valence-electron chi connectivity index (χ2n) is 4.72.